The van der Waals surface area contributed by atoms with Crippen LogP contribution in [0.15, 0.2) is 4.47 Å². The molecule has 0 unspecified atom stereocenters. The largest absolute Gasteiger partial charge is 0.411 e. The Balaban J connectivity index is 2.87. The van der Waals surface area contributed by atoms with Crippen LogP contribution in [0.5, 0.6) is 0 Å². The van der Waals surface area contributed by atoms with Crippen molar-refractivity contribution >= 4 is 24.2 Å². The fraction of sp³-hybridized carbons (Fsp3) is 0.769. The Labute approximate surface area is 120 Å². The lowest BCUT2D eigenvalue weighted by Crippen LogP contribution is -2.40. The zero-order valence-electron chi connectivity index (χ0n) is 12.6. The average molecular weight is 333 g/mol. The van der Waals surface area contributed by atoms with Crippen molar-refractivity contribution in [3.05, 3.63) is 15.9 Å². The average Bonchev–Trinajstić information content (AvgIpc) is 2.51. The van der Waals surface area contributed by atoms with E-state index in [0.29, 0.717) is 6.61 Å². The maximum absolute atomic E-state index is 6.26. The normalized spacial score (nSPS) is 13.1. The molecule has 3 nitrogen and oxygen atoms in total. The van der Waals surface area contributed by atoms with E-state index in [4.69, 9.17) is 4.43 Å². The molecule has 0 radical (unpaired) electrons. The van der Waals surface area contributed by atoms with Gasteiger partial charge in [0.1, 0.15) is 0 Å². The number of aromatic nitrogens is 2. The number of rotatable bonds is 4. The van der Waals surface area contributed by atoms with Crippen molar-refractivity contribution in [2.75, 3.05) is 0 Å². The van der Waals surface area contributed by atoms with Gasteiger partial charge in [-0.2, -0.15) is 5.10 Å². The van der Waals surface area contributed by atoms with Crippen LogP contribution in [0.3, 0.4) is 0 Å². The van der Waals surface area contributed by atoms with Gasteiger partial charge in [-0.3, -0.25) is 4.68 Å². The van der Waals surface area contributed by atoms with Crippen LogP contribution in [-0.2, 0) is 17.6 Å². The predicted octanol–water partition coefficient (Wildman–Crippen LogP) is 4.50. The second-order valence-corrected chi connectivity index (χ2v) is 11.8. The standard InChI is InChI=1S/C13H25BrN2OSi/c1-8-16-11(12(14)10(2)15-16)9-17-18(6,7)13(3,4)5/h8-9H2,1-7H3. The topological polar surface area (TPSA) is 27.1 Å². The number of aryl methyl sites for hydroxylation is 2. The van der Waals surface area contributed by atoms with E-state index >= 15 is 0 Å². The molecule has 1 aromatic heterocycles. The van der Waals surface area contributed by atoms with Crippen LogP contribution < -0.4 is 0 Å². The zero-order valence-corrected chi connectivity index (χ0v) is 15.2. The summed E-state index contributed by atoms with van der Waals surface area (Å²) in [5.41, 5.74) is 2.19. The minimum Gasteiger partial charge on any atom is -0.411 e. The van der Waals surface area contributed by atoms with Gasteiger partial charge in [0.2, 0.25) is 0 Å². The second-order valence-electron chi connectivity index (χ2n) is 6.21. The van der Waals surface area contributed by atoms with Crippen molar-refractivity contribution in [1.29, 1.82) is 0 Å². The molecule has 0 bridgehead atoms. The molecule has 18 heavy (non-hydrogen) atoms. The maximum atomic E-state index is 6.26. The van der Waals surface area contributed by atoms with Crippen LogP contribution >= 0.6 is 15.9 Å². The predicted molar refractivity (Wildman–Crippen MR) is 82.3 cm³/mol. The highest BCUT2D eigenvalue weighted by atomic mass is 79.9. The summed E-state index contributed by atoms with van der Waals surface area (Å²) >= 11 is 3.61. The zero-order chi connectivity index (χ0) is 14.1. The molecule has 0 amide bonds. The molecular weight excluding hydrogens is 308 g/mol. The van der Waals surface area contributed by atoms with Gasteiger partial charge < -0.3 is 4.43 Å². The molecule has 0 N–H and O–H groups in total. The van der Waals surface area contributed by atoms with E-state index in [1.807, 2.05) is 11.6 Å². The molecule has 1 rings (SSSR count). The molecule has 1 aromatic rings. The summed E-state index contributed by atoms with van der Waals surface area (Å²) in [7, 11) is -1.70. The molecule has 0 aliphatic heterocycles. The minimum absolute atomic E-state index is 0.242. The van der Waals surface area contributed by atoms with E-state index in [2.05, 4.69) is 61.8 Å². The van der Waals surface area contributed by atoms with Gasteiger partial charge in [-0.05, 0) is 47.9 Å². The first-order valence-corrected chi connectivity index (χ1v) is 10.2. The molecule has 0 fully saturated rings. The highest BCUT2D eigenvalue weighted by Crippen LogP contribution is 2.37. The van der Waals surface area contributed by atoms with Crippen molar-refractivity contribution in [2.24, 2.45) is 0 Å². The number of halogens is 1. The van der Waals surface area contributed by atoms with Gasteiger partial charge in [0.05, 0.1) is 22.5 Å². The SMILES string of the molecule is CCn1nc(C)c(Br)c1CO[Si](C)(C)C(C)(C)C. The Hall–Kier alpha value is -0.133. The van der Waals surface area contributed by atoms with Gasteiger partial charge in [0.15, 0.2) is 8.32 Å². The number of hydrogen-bond donors (Lipinski definition) is 0. The lowest BCUT2D eigenvalue weighted by Gasteiger charge is -2.36. The van der Waals surface area contributed by atoms with Gasteiger partial charge >= 0.3 is 0 Å². The molecule has 0 saturated heterocycles. The highest BCUT2D eigenvalue weighted by Gasteiger charge is 2.37. The first-order valence-electron chi connectivity index (χ1n) is 6.46. The lowest BCUT2D eigenvalue weighted by atomic mass is 10.2. The summed E-state index contributed by atoms with van der Waals surface area (Å²) in [4.78, 5) is 0. The van der Waals surface area contributed by atoms with E-state index in [1.165, 1.54) is 0 Å². The Morgan fingerprint density at radius 2 is 1.89 bits per heavy atom. The van der Waals surface area contributed by atoms with E-state index in [9.17, 15) is 0 Å². The third-order valence-electron chi connectivity index (χ3n) is 3.83. The lowest BCUT2D eigenvalue weighted by molar-refractivity contribution is 0.264. The molecule has 104 valence electrons. The Kier molecular flexibility index (Phi) is 4.84. The summed E-state index contributed by atoms with van der Waals surface area (Å²) < 4.78 is 9.37. The van der Waals surface area contributed by atoms with E-state index in [0.717, 1.165) is 22.4 Å². The summed E-state index contributed by atoms with van der Waals surface area (Å²) in [6.07, 6.45) is 0. The van der Waals surface area contributed by atoms with Crippen molar-refractivity contribution in [2.45, 2.75) is 65.9 Å². The molecule has 1 heterocycles. The first-order chi connectivity index (χ1) is 8.10. The Morgan fingerprint density at radius 3 is 2.33 bits per heavy atom. The first kappa shape index (κ1) is 15.9. The van der Waals surface area contributed by atoms with Crippen LogP contribution in [0.1, 0.15) is 39.1 Å². The molecule has 0 aliphatic rings. The quantitative estimate of drug-likeness (QED) is 0.759. The molecule has 0 saturated carbocycles. The summed E-state index contributed by atoms with van der Waals surface area (Å²) in [5.74, 6) is 0. The molecule has 0 spiro atoms. The van der Waals surface area contributed by atoms with Crippen LogP contribution in [0, 0.1) is 6.92 Å². The smallest absolute Gasteiger partial charge is 0.192 e. The van der Waals surface area contributed by atoms with Crippen molar-refractivity contribution in [3.8, 4) is 0 Å². The molecular formula is C13H25BrN2OSi. The van der Waals surface area contributed by atoms with Crippen LogP contribution in [0.4, 0.5) is 0 Å². The van der Waals surface area contributed by atoms with Crippen molar-refractivity contribution in [3.63, 3.8) is 0 Å². The fourth-order valence-corrected chi connectivity index (χ4v) is 2.80. The Bertz CT molecular complexity index is 421. The van der Waals surface area contributed by atoms with Crippen molar-refractivity contribution < 1.29 is 4.43 Å². The highest BCUT2D eigenvalue weighted by molar-refractivity contribution is 9.10. The molecule has 0 aliphatic carbocycles. The van der Waals surface area contributed by atoms with Crippen LogP contribution in [0.25, 0.3) is 0 Å². The van der Waals surface area contributed by atoms with E-state index in [-0.39, 0.29) is 5.04 Å². The van der Waals surface area contributed by atoms with Gasteiger partial charge in [-0.15, -0.1) is 0 Å². The minimum atomic E-state index is -1.70. The third kappa shape index (κ3) is 3.25. The number of hydrogen-bond acceptors (Lipinski definition) is 2. The monoisotopic (exact) mass is 332 g/mol. The summed E-state index contributed by atoms with van der Waals surface area (Å²) in [6.45, 7) is 17.0. The van der Waals surface area contributed by atoms with E-state index in [1.54, 1.807) is 0 Å². The molecule has 0 aromatic carbocycles. The molecule has 5 heteroatoms. The van der Waals surface area contributed by atoms with Crippen LogP contribution in [-0.4, -0.2) is 18.1 Å². The summed E-state index contributed by atoms with van der Waals surface area (Å²) in [5, 5.41) is 4.74. The third-order valence-corrected chi connectivity index (χ3v) is 9.34. The van der Waals surface area contributed by atoms with Crippen molar-refractivity contribution in [1.82, 2.24) is 9.78 Å². The van der Waals surface area contributed by atoms with Gasteiger partial charge in [0.25, 0.3) is 0 Å². The molecule has 0 atom stereocenters. The van der Waals surface area contributed by atoms with E-state index < -0.39 is 8.32 Å². The van der Waals surface area contributed by atoms with Crippen LogP contribution in [0.2, 0.25) is 18.1 Å². The fourth-order valence-electron chi connectivity index (χ4n) is 1.47. The van der Waals surface area contributed by atoms with Gasteiger partial charge in [-0.1, -0.05) is 20.8 Å². The van der Waals surface area contributed by atoms with Gasteiger partial charge in [-0.25, -0.2) is 0 Å². The second kappa shape index (κ2) is 5.47. The summed E-state index contributed by atoms with van der Waals surface area (Å²) in [6, 6.07) is 0. The number of nitrogens with zero attached hydrogens (tertiary/aromatic N) is 2. The van der Waals surface area contributed by atoms with Gasteiger partial charge in [0, 0.05) is 6.54 Å². The maximum Gasteiger partial charge on any atom is 0.192 e. The Morgan fingerprint density at radius 1 is 1.33 bits per heavy atom.